The van der Waals surface area contributed by atoms with Crippen molar-refractivity contribution in [2.24, 2.45) is 0 Å². The Bertz CT molecular complexity index is 959. The first-order valence-corrected chi connectivity index (χ1v) is 9.20. The Labute approximate surface area is 168 Å². The summed E-state index contributed by atoms with van der Waals surface area (Å²) >= 11 is 0. The second-order valence-electron chi connectivity index (χ2n) is 6.97. The van der Waals surface area contributed by atoms with Gasteiger partial charge in [0.15, 0.2) is 0 Å². The summed E-state index contributed by atoms with van der Waals surface area (Å²) in [6.07, 6.45) is -3.84. The van der Waals surface area contributed by atoms with Crippen LogP contribution < -0.4 is 9.64 Å². The number of hydrogen-bond donors (Lipinski definition) is 0. The third-order valence-corrected chi connectivity index (χ3v) is 4.49. The molecule has 0 saturated carbocycles. The highest BCUT2D eigenvalue weighted by molar-refractivity contribution is 5.58. The molecule has 0 amide bonds. The van der Waals surface area contributed by atoms with E-state index in [1.165, 1.54) is 0 Å². The summed E-state index contributed by atoms with van der Waals surface area (Å²) in [4.78, 5) is 9.64. The van der Waals surface area contributed by atoms with E-state index in [0.717, 1.165) is 23.0 Å². The summed E-state index contributed by atoms with van der Waals surface area (Å²) in [6.45, 7) is 4.12. The largest absolute Gasteiger partial charge is 0.472 e. The molecule has 0 fully saturated rings. The van der Waals surface area contributed by atoms with Gasteiger partial charge in [0.2, 0.25) is 11.8 Å². The van der Waals surface area contributed by atoms with Crippen molar-refractivity contribution in [2.75, 3.05) is 11.9 Å². The molecule has 0 N–H and O–H groups in total. The molecule has 0 atom stereocenters. The van der Waals surface area contributed by atoms with Crippen LogP contribution in [0.2, 0.25) is 0 Å². The van der Waals surface area contributed by atoms with Gasteiger partial charge in [0.1, 0.15) is 12.2 Å². The summed E-state index contributed by atoms with van der Waals surface area (Å²) in [5.74, 6) is -0.0400. The molecular formula is C22H22F3N3O. The first-order chi connectivity index (χ1) is 13.8. The summed E-state index contributed by atoms with van der Waals surface area (Å²) in [5, 5.41) is 0. The van der Waals surface area contributed by atoms with E-state index in [9.17, 15) is 13.2 Å². The van der Waals surface area contributed by atoms with E-state index >= 15 is 0 Å². The van der Waals surface area contributed by atoms with E-state index < -0.39 is 17.6 Å². The minimum Gasteiger partial charge on any atom is -0.472 e. The second-order valence-corrected chi connectivity index (χ2v) is 6.97. The quantitative estimate of drug-likeness (QED) is 0.510. The summed E-state index contributed by atoms with van der Waals surface area (Å²) in [7, 11) is 1.71. The highest BCUT2D eigenvalue weighted by Gasteiger charge is 2.36. The molecular weight excluding hydrogens is 379 g/mol. The minimum absolute atomic E-state index is 0.0209. The molecule has 1 aromatic heterocycles. The topological polar surface area (TPSA) is 38.2 Å². The maximum Gasteiger partial charge on any atom is 0.423 e. The molecule has 3 rings (SSSR count). The maximum absolute atomic E-state index is 13.4. The van der Waals surface area contributed by atoms with Crippen molar-refractivity contribution in [1.82, 2.24) is 9.97 Å². The van der Waals surface area contributed by atoms with Crippen molar-refractivity contribution in [3.05, 3.63) is 77.5 Å². The van der Waals surface area contributed by atoms with Gasteiger partial charge >= 0.3 is 6.18 Å². The van der Waals surface area contributed by atoms with Crippen molar-refractivity contribution in [3.8, 4) is 5.88 Å². The molecule has 0 unspecified atom stereocenters. The zero-order valence-corrected chi connectivity index (χ0v) is 16.4. The number of benzene rings is 2. The second kappa shape index (κ2) is 8.51. The Morgan fingerprint density at radius 3 is 2.41 bits per heavy atom. The van der Waals surface area contributed by atoms with Crippen LogP contribution in [0, 0.1) is 0 Å². The van der Waals surface area contributed by atoms with Crippen molar-refractivity contribution < 1.29 is 17.9 Å². The summed E-state index contributed by atoms with van der Waals surface area (Å²) in [6, 6.07) is 16.7. The van der Waals surface area contributed by atoms with E-state index in [-0.39, 0.29) is 12.6 Å². The van der Waals surface area contributed by atoms with Gasteiger partial charge in [0.25, 0.3) is 0 Å². The van der Waals surface area contributed by atoms with Crippen molar-refractivity contribution in [3.63, 3.8) is 0 Å². The molecule has 4 nitrogen and oxygen atoms in total. The molecule has 0 saturated heterocycles. The van der Waals surface area contributed by atoms with Gasteiger partial charge in [0, 0.05) is 18.9 Å². The monoisotopic (exact) mass is 401 g/mol. The van der Waals surface area contributed by atoms with E-state index in [1.807, 2.05) is 30.3 Å². The van der Waals surface area contributed by atoms with Gasteiger partial charge in [-0.05, 0) is 29.2 Å². The van der Waals surface area contributed by atoms with Crippen molar-refractivity contribution >= 4 is 11.6 Å². The highest BCUT2D eigenvalue weighted by atomic mass is 19.4. The van der Waals surface area contributed by atoms with Crippen LogP contribution in [0.1, 0.15) is 36.5 Å². The minimum atomic E-state index is -4.61. The fraction of sp³-hybridized carbons (Fsp3) is 0.273. The van der Waals surface area contributed by atoms with Gasteiger partial charge in [-0.25, -0.2) is 4.98 Å². The normalized spacial score (nSPS) is 11.6. The van der Waals surface area contributed by atoms with Crippen LogP contribution in [-0.4, -0.2) is 17.0 Å². The molecule has 0 aliphatic heterocycles. The first kappa shape index (κ1) is 20.6. The lowest BCUT2D eigenvalue weighted by atomic mass is 10.0. The zero-order valence-electron chi connectivity index (χ0n) is 16.4. The number of hydrogen-bond acceptors (Lipinski definition) is 4. The lowest BCUT2D eigenvalue weighted by Gasteiger charge is -2.20. The van der Waals surface area contributed by atoms with E-state index in [1.54, 1.807) is 36.2 Å². The lowest BCUT2D eigenvalue weighted by molar-refractivity contribution is -0.139. The van der Waals surface area contributed by atoms with Crippen LogP contribution in [0.25, 0.3) is 0 Å². The Kier molecular flexibility index (Phi) is 6.06. The van der Waals surface area contributed by atoms with Crippen LogP contribution in [0.15, 0.2) is 60.8 Å². The van der Waals surface area contributed by atoms with E-state index in [2.05, 4.69) is 23.8 Å². The third kappa shape index (κ3) is 5.04. The molecule has 1 heterocycles. The molecule has 0 bridgehead atoms. The number of alkyl halides is 3. The molecule has 2 aromatic carbocycles. The van der Waals surface area contributed by atoms with E-state index in [0.29, 0.717) is 5.92 Å². The number of ether oxygens (including phenoxy) is 1. The molecule has 0 spiro atoms. The van der Waals surface area contributed by atoms with Crippen LogP contribution in [-0.2, 0) is 12.8 Å². The van der Waals surface area contributed by atoms with Gasteiger partial charge in [-0.15, -0.1) is 0 Å². The number of nitrogens with zero attached hydrogens (tertiary/aromatic N) is 3. The predicted octanol–water partition coefficient (Wildman–Crippen LogP) is 5.97. The summed E-state index contributed by atoms with van der Waals surface area (Å²) < 4.78 is 45.6. The molecule has 0 radical (unpaired) electrons. The smallest absolute Gasteiger partial charge is 0.423 e. The third-order valence-electron chi connectivity index (χ3n) is 4.49. The lowest BCUT2D eigenvalue weighted by Crippen LogP contribution is -2.17. The van der Waals surface area contributed by atoms with Gasteiger partial charge in [-0.1, -0.05) is 56.3 Å². The summed E-state index contributed by atoms with van der Waals surface area (Å²) in [5.41, 5.74) is 1.65. The number of anilines is 2. The number of rotatable bonds is 6. The zero-order chi connectivity index (χ0) is 21.0. The molecule has 0 aliphatic rings. The number of halogens is 3. The van der Waals surface area contributed by atoms with Crippen LogP contribution in [0.4, 0.5) is 24.8 Å². The standard InChI is InChI=1S/C22H22F3N3O/c1-15(2)17-10-7-11-18(12-17)28(3)21-26-13-19(22(23,24)25)20(27-21)29-14-16-8-5-4-6-9-16/h4-13,15H,14H2,1-3H3. The van der Waals surface area contributed by atoms with Crippen molar-refractivity contribution in [2.45, 2.75) is 32.5 Å². The predicted molar refractivity (Wildman–Crippen MR) is 106 cm³/mol. The Morgan fingerprint density at radius 1 is 1.03 bits per heavy atom. The van der Waals surface area contributed by atoms with Gasteiger partial charge in [-0.3, -0.25) is 0 Å². The van der Waals surface area contributed by atoms with E-state index in [4.69, 9.17) is 4.74 Å². The Hall–Kier alpha value is -3.09. The maximum atomic E-state index is 13.4. The van der Waals surface area contributed by atoms with Crippen LogP contribution in [0.5, 0.6) is 5.88 Å². The molecule has 29 heavy (non-hydrogen) atoms. The number of aromatic nitrogens is 2. The Balaban J connectivity index is 1.92. The average Bonchev–Trinajstić information content (AvgIpc) is 2.71. The SMILES string of the molecule is CC(C)c1cccc(N(C)c2ncc(C(F)(F)F)c(OCc3ccccc3)n2)c1. The van der Waals surface area contributed by atoms with Gasteiger partial charge < -0.3 is 9.64 Å². The van der Waals surface area contributed by atoms with Crippen LogP contribution >= 0.6 is 0 Å². The fourth-order valence-electron chi connectivity index (χ4n) is 2.76. The van der Waals surface area contributed by atoms with Gasteiger partial charge in [0.05, 0.1) is 0 Å². The fourth-order valence-corrected chi connectivity index (χ4v) is 2.76. The highest BCUT2D eigenvalue weighted by Crippen LogP contribution is 2.36. The molecule has 0 aliphatic carbocycles. The van der Waals surface area contributed by atoms with Crippen molar-refractivity contribution in [1.29, 1.82) is 0 Å². The Morgan fingerprint density at radius 2 is 1.76 bits per heavy atom. The van der Waals surface area contributed by atoms with Crippen LogP contribution in [0.3, 0.4) is 0 Å². The molecule has 7 heteroatoms. The van der Waals surface area contributed by atoms with Gasteiger partial charge in [-0.2, -0.15) is 18.2 Å². The molecule has 3 aromatic rings. The average molecular weight is 401 g/mol. The first-order valence-electron chi connectivity index (χ1n) is 9.20. The molecule has 152 valence electrons.